The van der Waals surface area contributed by atoms with Gasteiger partial charge in [-0.15, -0.1) is 0 Å². The lowest BCUT2D eigenvalue weighted by Crippen LogP contribution is -2.45. The molecule has 0 aromatic carbocycles. The molecule has 0 spiro atoms. The van der Waals surface area contributed by atoms with E-state index in [2.05, 4.69) is 20.4 Å². The third kappa shape index (κ3) is 2.38. The number of aliphatic hydroxyl groups excluding tert-OH is 1. The summed E-state index contributed by atoms with van der Waals surface area (Å²) < 4.78 is 0. The zero-order valence-corrected chi connectivity index (χ0v) is 10.8. The number of hydrogen-bond acceptors (Lipinski definition) is 2. The average molecular weight is 224 g/mol. The fourth-order valence-corrected chi connectivity index (χ4v) is 2.67. The van der Waals surface area contributed by atoms with Crippen molar-refractivity contribution in [3.63, 3.8) is 0 Å². The maximum atomic E-state index is 10.5. The summed E-state index contributed by atoms with van der Waals surface area (Å²) in [6.45, 7) is 11.7. The first-order valence-corrected chi connectivity index (χ1v) is 5.94. The van der Waals surface area contributed by atoms with Crippen LogP contribution in [0.3, 0.4) is 0 Å². The van der Waals surface area contributed by atoms with E-state index < -0.39 is 11.7 Å². The Kier molecular flexibility index (Phi) is 3.65. The fraction of sp³-hybridized carbons (Fsp3) is 0.714. The lowest BCUT2D eigenvalue weighted by Gasteiger charge is -2.36. The molecule has 1 saturated carbocycles. The molecule has 3 unspecified atom stereocenters. The first-order valence-electron chi connectivity index (χ1n) is 5.94. The molecular formula is C14H24O2. The van der Waals surface area contributed by atoms with Gasteiger partial charge >= 0.3 is 0 Å². The Bertz CT molecular complexity index is 302. The van der Waals surface area contributed by atoms with Gasteiger partial charge in [0.15, 0.2) is 0 Å². The summed E-state index contributed by atoms with van der Waals surface area (Å²) in [6, 6.07) is 0. The molecule has 0 heterocycles. The van der Waals surface area contributed by atoms with Crippen LogP contribution in [0.4, 0.5) is 0 Å². The maximum Gasteiger partial charge on any atom is 0.0970 e. The van der Waals surface area contributed by atoms with Crippen LogP contribution in [0.15, 0.2) is 24.3 Å². The minimum atomic E-state index is -0.991. The smallest absolute Gasteiger partial charge is 0.0970 e. The minimum absolute atomic E-state index is 0.0169. The number of hydrogen-bond donors (Lipinski definition) is 2. The molecular weight excluding hydrogens is 200 g/mol. The average Bonchev–Trinajstić information content (AvgIpc) is 2.36. The van der Waals surface area contributed by atoms with Crippen LogP contribution in [0.2, 0.25) is 0 Å². The van der Waals surface area contributed by atoms with Crippen LogP contribution in [0.5, 0.6) is 0 Å². The van der Waals surface area contributed by atoms with Crippen LogP contribution in [0, 0.1) is 11.3 Å². The molecule has 16 heavy (non-hydrogen) atoms. The molecule has 1 aliphatic carbocycles. The third-order valence-corrected chi connectivity index (χ3v) is 3.85. The van der Waals surface area contributed by atoms with Crippen LogP contribution in [0.1, 0.15) is 40.5 Å². The molecule has 2 heteroatoms. The van der Waals surface area contributed by atoms with E-state index >= 15 is 0 Å². The van der Waals surface area contributed by atoms with E-state index in [1.165, 1.54) is 0 Å². The van der Waals surface area contributed by atoms with Crippen molar-refractivity contribution in [3.8, 4) is 0 Å². The zero-order valence-electron chi connectivity index (χ0n) is 10.8. The van der Waals surface area contributed by atoms with Crippen molar-refractivity contribution in [1.29, 1.82) is 0 Å². The number of rotatable bonds is 3. The van der Waals surface area contributed by atoms with Gasteiger partial charge in [-0.25, -0.2) is 0 Å². The molecule has 2 N–H and O–H groups in total. The molecule has 1 rings (SSSR count). The van der Waals surface area contributed by atoms with E-state index in [0.717, 1.165) is 12.0 Å². The maximum absolute atomic E-state index is 10.5. The Morgan fingerprint density at radius 2 is 2.00 bits per heavy atom. The standard InChI is InChI=1S/C14H24O2/c1-10(2)6-7-12-13(4,5)8-9-14(12,16)11(3)15/h6-7,11-12,15-16H,1,8-9H2,2-5H3/b7-6+. The molecule has 0 aliphatic heterocycles. The highest BCUT2D eigenvalue weighted by Crippen LogP contribution is 2.51. The van der Waals surface area contributed by atoms with Crippen molar-refractivity contribution in [3.05, 3.63) is 24.3 Å². The summed E-state index contributed by atoms with van der Waals surface area (Å²) in [6.07, 6.45) is 4.82. The quantitative estimate of drug-likeness (QED) is 0.724. The summed E-state index contributed by atoms with van der Waals surface area (Å²) in [5, 5.41) is 20.3. The Balaban J connectivity index is 3.01. The largest absolute Gasteiger partial charge is 0.390 e. The van der Waals surface area contributed by atoms with Crippen LogP contribution in [-0.2, 0) is 0 Å². The second kappa shape index (κ2) is 4.34. The summed E-state index contributed by atoms with van der Waals surface area (Å²) >= 11 is 0. The monoisotopic (exact) mass is 224 g/mol. The van der Waals surface area contributed by atoms with Gasteiger partial charge in [-0.2, -0.15) is 0 Å². The minimum Gasteiger partial charge on any atom is -0.390 e. The van der Waals surface area contributed by atoms with Crippen LogP contribution in [-0.4, -0.2) is 21.9 Å². The molecule has 0 aromatic heterocycles. The normalized spacial score (nSPS) is 35.5. The molecule has 92 valence electrons. The molecule has 1 fully saturated rings. The highest BCUT2D eigenvalue weighted by molar-refractivity contribution is 5.19. The van der Waals surface area contributed by atoms with E-state index in [0.29, 0.717) is 6.42 Å². The molecule has 0 aromatic rings. The lowest BCUT2D eigenvalue weighted by molar-refractivity contribution is -0.0908. The van der Waals surface area contributed by atoms with Gasteiger partial charge in [0.1, 0.15) is 0 Å². The first-order chi connectivity index (χ1) is 7.20. The van der Waals surface area contributed by atoms with Crippen LogP contribution < -0.4 is 0 Å². The van der Waals surface area contributed by atoms with Crippen molar-refractivity contribution in [2.24, 2.45) is 11.3 Å². The first kappa shape index (κ1) is 13.5. The molecule has 3 atom stereocenters. The summed E-state index contributed by atoms with van der Waals surface area (Å²) in [5.41, 5.74) is 0.00305. The SMILES string of the molecule is C=C(C)/C=C/C1C(C)(C)CCC1(O)C(C)O. The Labute approximate surface area is 98.7 Å². The molecule has 0 radical (unpaired) electrons. The van der Waals surface area contributed by atoms with Gasteiger partial charge < -0.3 is 10.2 Å². The predicted molar refractivity (Wildman–Crippen MR) is 67.1 cm³/mol. The van der Waals surface area contributed by atoms with E-state index in [4.69, 9.17) is 0 Å². The second-order valence-corrected chi connectivity index (χ2v) is 5.84. The summed E-state index contributed by atoms with van der Waals surface area (Å²) in [7, 11) is 0. The zero-order chi connectivity index (χ0) is 12.6. The number of allylic oxidation sites excluding steroid dienone is 2. The highest BCUT2D eigenvalue weighted by Gasteiger charge is 2.52. The Hall–Kier alpha value is -0.600. The van der Waals surface area contributed by atoms with Crippen LogP contribution >= 0.6 is 0 Å². The summed E-state index contributed by atoms with van der Waals surface area (Å²) in [5.74, 6) is -0.0169. The van der Waals surface area contributed by atoms with Crippen molar-refractivity contribution >= 4 is 0 Å². The second-order valence-electron chi connectivity index (χ2n) is 5.84. The van der Waals surface area contributed by atoms with Gasteiger partial charge in [-0.3, -0.25) is 0 Å². The summed E-state index contributed by atoms with van der Waals surface area (Å²) in [4.78, 5) is 0. The van der Waals surface area contributed by atoms with E-state index in [1.807, 2.05) is 19.1 Å². The van der Waals surface area contributed by atoms with E-state index in [1.54, 1.807) is 6.92 Å². The van der Waals surface area contributed by atoms with Crippen molar-refractivity contribution in [1.82, 2.24) is 0 Å². The van der Waals surface area contributed by atoms with Crippen molar-refractivity contribution in [2.45, 2.75) is 52.2 Å². The highest BCUT2D eigenvalue weighted by atomic mass is 16.3. The number of aliphatic hydroxyl groups is 2. The Morgan fingerprint density at radius 1 is 1.44 bits per heavy atom. The fourth-order valence-electron chi connectivity index (χ4n) is 2.67. The van der Waals surface area contributed by atoms with Gasteiger partial charge in [-0.05, 0) is 32.1 Å². The van der Waals surface area contributed by atoms with Crippen molar-refractivity contribution in [2.75, 3.05) is 0 Å². The topological polar surface area (TPSA) is 40.5 Å². The molecule has 0 amide bonds. The molecule has 1 aliphatic rings. The van der Waals surface area contributed by atoms with E-state index in [9.17, 15) is 10.2 Å². The van der Waals surface area contributed by atoms with Crippen LogP contribution in [0.25, 0.3) is 0 Å². The predicted octanol–water partition coefficient (Wildman–Crippen LogP) is 2.67. The molecule has 0 saturated heterocycles. The van der Waals surface area contributed by atoms with Gasteiger partial charge in [0, 0.05) is 5.92 Å². The Morgan fingerprint density at radius 3 is 2.44 bits per heavy atom. The van der Waals surface area contributed by atoms with Gasteiger partial charge in [0.2, 0.25) is 0 Å². The lowest BCUT2D eigenvalue weighted by atomic mass is 9.74. The molecule has 0 bridgehead atoms. The van der Waals surface area contributed by atoms with Gasteiger partial charge in [-0.1, -0.05) is 38.2 Å². The molecule has 2 nitrogen and oxygen atoms in total. The van der Waals surface area contributed by atoms with Crippen molar-refractivity contribution < 1.29 is 10.2 Å². The third-order valence-electron chi connectivity index (χ3n) is 3.85. The van der Waals surface area contributed by atoms with Gasteiger partial charge in [0.05, 0.1) is 11.7 Å². The van der Waals surface area contributed by atoms with E-state index in [-0.39, 0.29) is 11.3 Å². The van der Waals surface area contributed by atoms with Gasteiger partial charge in [0.25, 0.3) is 0 Å².